The Bertz CT molecular complexity index is 652. The van der Waals surface area contributed by atoms with Gasteiger partial charge >= 0.3 is 0 Å². The van der Waals surface area contributed by atoms with Crippen LogP contribution in [0.4, 0.5) is 0 Å². The van der Waals surface area contributed by atoms with Gasteiger partial charge in [-0.25, -0.2) is 4.98 Å². The number of carbonyl (C=O) groups is 1. The molecule has 1 fully saturated rings. The van der Waals surface area contributed by atoms with E-state index in [-0.39, 0.29) is 17.9 Å². The molecule has 1 saturated heterocycles. The number of aromatic amines is 1. The van der Waals surface area contributed by atoms with Crippen LogP contribution in [-0.2, 0) is 4.79 Å². The lowest BCUT2D eigenvalue weighted by molar-refractivity contribution is -0.137. The van der Waals surface area contributed by atoms with E-state index in [0.29, 0.717) is 0 Å². The average molecular weight is 327 g/mol. The Kier molecular flexibility index (Phi) is 5.18. The fourth-order valence-electron chi connectivity index (χ4n) is 3.53. The number of benzene rings is 1. The number of amides is 1. The van der Waals surface area contributed by atoms with Crippen molar-refractivity contribution < 1.29 is 9.53 Å². The van der Waals surface area contributed by atoms with E-state index in [9.17, 15) is 4.79 Å². The maximum Gasteiger partial charge on any atom is 0.230 e. The van der Waals surface area contributed by atoms with Crippen LogP contribution in [0.3, 0.4) is 0 Å². The highest BCUT2D eigenvalue weighted by molar-refractivity contribution is 5.84. The topological polar surface area (TPSA) is 58.2 Å². The van der Waals surface area contributed by atoms with Crippen LogP contribution in [0.25, 0.3) is 0 Å². The van der Waals surface area contributed by atoms with Gasteiger partial charge in [-0.05, 0) is 43.4 Å². The highest BCUT2D eigenvalue weighted by Gasteiger charge is 2.33. The first-order chi connectivity index (χ1) is 11.7. The van der Waals surface area contributed by atoms with E-state index in [1.807, 2.05) is 35.4 Å². The summed E-state index contributed by atoms with van der Waals surface area (Å²) in [4.78, 5) is 22.8. The fourth-order valence-corrected chi connectivity index (χ4v) is 3.53. The number of nitrogens with one attached hydrogen (secondary N) is 1. The molecule has 1 aliphatic rings. The molecule has 128 valence electrons. The van der Waals surface area contributed by atoms with Gasteiger partial charge in [0, 0.05) is 18.9 Å². The lowest BCUT2D eigenvalue weighted by Gasteiger charge is -2.37. The number of ether oxygens (including phenoxy) is 1. The van der Waals surface area contributed by atoms with Crippen molar-refractivity contribution >= 4 is 5.91 Å². The lowest BCUT2D eigenvalue weighted by Crippen LogP contribution is -2.41. The lowest BCUT2D eigenvalue weighted by atomic mass is 9.92. The average Bonchev–Trinajstić information content (AvgIpc) is 3.17. The molecule has 5 heteroatoms. The smallest absolute Gasteiger partial charge is 0.230 e. The number of piperidine rings is 1. The monoisotopic (exact) mass is 327 g/mol. The van der Waals surface area contributed by atoms with Gasteiger partial charge in [0.15, 0.2) is 0 Å². The van der Waals surface area contributed by atoms with Crippen molar-refractivity contribution in [1.82, 2.24) is 14.9 Å². The first-order valence-electron chi connectivity index (χ1n) is 8.68. The van der Waals surface area contributed by atoms with Crippen LogP contribution in [0.1, 0.15) is 56.0 Å². The molecule has 0 unspecified atom stereocenters. The second-order valence-electron chi connectivity index (χ2n) is 6.25. The molecule has 5 nitrogen and oxygen atoms in total. The predicted octanol–water partition coefficient (Wildman–Crippen LogP) is 3.67. The van der Waals surface area contributed by atoms with E-state index in [4.69, 9.17) is 4.74 Å². The van der Waals surface area contributed by atoms with Gasteiger partial charge in [0.25, 0.3) is 0 Å². The minimum absolute atomic E-state index is 0.0635. The van der Waals surface area contributed by atoms with E-state index in [0.717, 1.165) is 49.4 Å². The van der Waals surface area contributed by atoms with Crippen LogP contribution >= 0.6 is 0 Å². The number of H-pyrrole nitrogens is 1. The molecule has 2 aromatic rings. The number of nitrogens with zero attached hydrogens (tertiary/aromatic N) is 2. The van der Waals surface area contributed by atoms with Gasteiger partial charge in [-0.15, -0.1) is 0 Å². The number of hydrogen-bond acceptors (Lipinski definition) is 3. The molecule has 1 amide bonds. The summed E-state index contributed by atoms with van der Waals surface area (Å²) in [5, 5.41) is 0. The van der Waals surface area contributed by atoms with E-state index >= 15 is 0 Å². The van der Waals surface area contributed by atoms with Crippen molar-refractivity contribution in [3.63, 3.8) is 0 Å². The summed E-state index contributed by atoms with van der Waals surface area (Å²) < 4.78 is 5.22. The molecular weight excluding hydrogens is 302 g/mol. The van der Waals surface area contributed by atoms with Crippen LogP contribution in [0.5, 0.6) is 5.75 Å². The van der Waals surface area contributed by atoms with Crippen LogP contribution in [0.2, 0.25) is 0 Å². The number of likely N-dealkylation sites (tertiary alicyclic amines) is 1. The first-order valence-corrected chi connectivity index (χ1v) is 8.68. The largest absolute Gasteiger partial charge is 0.497 e. The molecule has 0 aliphatic carbocycles. The van der Waals surface area contributed by atoms with Gasteiger partial charge in [-0.3, -0.25) is 4.79 Å². The van der Waals surface area contributed by atoms with Gasteiger partial charge in [0.1, 0.15) is 11.6 Å². The molecule has 24 heavy (non-hydrogen) atoms. The minimum Gasteiger partial charge on any atom is -0.497 e. The zero-order valence-corrected chi connectivity index (χ0v) is 14.4. The molecule has 0 spiro atoms. The van der Waals surface area contributed by atoms with Gasteiger partial charge in [-0.1, -0.05) is 19.1 Å². The van der Waals surface area contributed by atoms with Crippen molar-refractivity contribution in [2.24, 2.45) is 0 Å². The molecule has 3 rings (SSSR count). The molecule has 0 radical (unpaired) electrons. The summed E-state index contributed by atoms with van der Waals surface area (Å²) in [5.41, 5.74) is 1.05. The Labute approximate surface area is 143 Å². The normalized spacial score (nSPS) is 19.1. The zero-order valence-electron chi connectivity index (χ0n) is 14.4. The molecular formula is C19H25N3O2. The number of imidazole rings is 1. The van der Waals surface area contributed by atoms with Crippen molar-refractivity contribution in [2.75, 3.05) is 13.7 Å². The van der Waals surface area contributed by atoms with Gasteiger partial charge in [0.2, 0.25) is 5.91 Å². The minimum atomic E-state index is -0.119. The molecule has 0 bridgehead atoms. The van der Waals surface area contributed by atoms with Gasteiger partial charge in [-0.2, -0.15) is 0 Å². The first kappa shape index (κ1) is 16.6. The molecule has 1 N–H and O–H groups in total. The van der Waals surface area contributed by atoms with Crippen LogP contribution in [-0.4, -0.2) is 34.4 Å². The standard InChI is InChI=1S/C19H25N3O2/c1-3-16(14-7-9-15(24-2)10-8-14)19(23)22-13-5-4-6-17(22)18-20-11-12-21-18/h7-12,16-17H,3-6,13H2,1-2H3,(H,20,21)/t16-,17-/m1/s1. The second-order valence-corrected chi connectivity index (χ2v) is 6.25. The van der Waals surface area contributed by atoms with Crippen molar-refractivity contribution in [1.29, 1.82) is 0 Å². The Morgan fingerprint density at radius 1 is 1.38 bits per heavy atom. The second kappa shape index (κ2) is 7.51. The van der Waals surface area contributed by atoms with Gasteiger partial charge < -0.3 is 14.6 Å². The van der Waals surface area contributed by atoms with Crippen molar-refractivity contribution in [3.05, 3.63) is 48.0 Å². The Hall–Kier alpha value is -2.30. The van der Waals surface area contributed by atoms with Gasteiger partial charge in [0.05, 0.1) is 19.1 Å². The number of rotatable bonds is 5. The summed E-state index contributed by atoms with van der Waals surface area (Å²) >= 11 is 0. The van der Waals surface area contributed by atoms with Crippen LogP contribution < -0.4 is 4.74 Å². The Morgan fingerprint density at radius 2 is 2.17 bits per heavy atom. The van der Waals surface area contributed by atoms with E-state index in [2.05, 4.69) is 16.9 Å². The third kappa shape index (κ3) is 3.30. The molecule has 2 atom stereocenters. The van der Waals surface area contributed by atoms with E-state index in [1.165, 1.54) is 0 Å². The maximum absolute atomic E-state index is 13.2. The third-order valence-corrected chi connectivity index (χ3v) is 4.85. The van der Waals surface area contributed by atoms with Crippen molar-refractivity contribution in [3.8, 4) is 5.75 Å². The molecule has 0 saturated carbocycles. The number of methoxy groups -OCH3 is 1. The van der Waals surface area contributed by atoms with E-state index in [1.54, 1.807) is 13.3 Å². The highest BCUT2D eigenvalue weighted by Crippen LogP contribution is 2.33. The Morgan fingerprint density at radius 3 is 2.79 bits per heavy atom. The van der Waals surface area contributed by atoms with E-state index < -0.39 is 0 Å². The molecule has 2 heterocycles. The number of hydrogen-bond donors (Lipinski definition) is 1. The number of carbonyl (C=O) groups excluding carboxylic acids is 1. The zero-order chi connectivity index (χ0) is 16.9. The summed E-state index contributed by atoms with van der Waals surface area (Å²) in [7, 11) is 1.65. The fraction of sp³-hybridized carbons (Fsp3) is 0.474. The predicted molar refractivity (Wildman–Crippen MR) is 92.9 cm³/mol. The summed E-state index contributed by atoms with van der Waals surface area (Å²) in [5.74, 6) is 1.79. The number of aromatic nitrogens is 2. The third-order valence-electron chi connectivity index (χ3n) is 4.85. The summed E-state index contributed by atoms with van der Waals surface area (Å²) in [6.07, 6.45) is 7.53. The highest BCUT2D eigenvalue weighted by atomic mass is 16.5. The maximum atomic E-state index is 13.2. The summed E-state index contributed by atoms with van der Waals surface area (Å²) in [6.45, 7) is 2.87. The van der Waals surface area contributed by atoms with Crippen molar-refractivity contribution in [2.45, 2.75) is 44.6 Å². The van der Waals surface area contributed by atoms with Crippen LogP contribution in [0.15, 0.2) is 36.7 Å². The molecule has 1 aromatic carbocycles. The quantitative estimate of drug-likeness (QED) is 0.911. The van der Waals surface area contributed by atoms with Crippen LogP contribution in [0, 0.1) is 0 Å². The Balaban J connectivity index is 1.83. The molecule has 1 aromatic heterocycles. The summed E-state index contributed by atoms with van der Waals surface area (Å²) in [6, 6.07) is 7.90. The SMILES string of the molecule is CC[C@@H](C(=O)N1CCCC[C@@H]1c1ncc[nH]1)c1ccc(OC)cc1. The molecule has 1 aliphatic heterocycles.